The standard InChI is InChI=1S/C71H122N12O32S.CH3.NO3.HNO2.2Pb.H/c1-70(2,3)109-32-42-52(92)56(96)61(101)66(111-42)106-29-41-54(94)59(99)64(104-34-48(89)78-13-14-79-49(116)22-36-9-7-35(8-10-36)21-37-23-82(26-45(75)86)18-17-80(24-43(73)84)15-16-81(25-44(74)85)19-20-83(37)27-46(76)87)68(113-41)107-30-38-50(90)55(95)60(100)65(110-38)105-28-40-53(93)58(98)63(103-33-47(88)77-12-11-72)69(114-40)108-31-39-51(91)57(97)62(102)67(112-39)115-71(4,5)6;;2-1(3)4;2-1-3;;;/h7-10,37-42,50-69,90-102H,11-34,72H2,1-6H3,(H2,73,84)(H2,74,85)(H2,75,86)(H2,76,87)(H,77,88)(H,78,89)(H,79,116);1H3;;(H,2,3);;;/q;;-1;;;+2;/p-1. The zero-order valence-electron chi connectivity index (χ0n) is 71.0. The van der Waals surface area contributed by atoms with Gasteiger partial charge < -0.3 is 198 Å². The Balaban J connectivity index is 0.00000392. The molecule has 51 nitrogen and oxygen atoms in total. The van der Waals surface area contributed by atoms with Crippen LogP contribution in [0.1, 0.15) is 52.7 Å². The molecule has 1 aromatic rings. The molecule has 6 aliphatic rings. The summed E-state index contributed by atoms with van der Waals surface area (Å²) in [6.07, 6.45) is -43.8. The van der Waals surface area contributed by atoms with E-state index in [1.165, 1.54) is 25.8 Å². The molecule has 0 aromatic heterocycles. The zero-order chi connectivity index (χ0) is 93.9. The maximum atomic E-state index is 13.5. The van der Waals surface area contributed by atoms with Crippen molar-refractivity contribution in [3.63, 3.8) is 0 Å². The van der Waals surface area contributed by atoms with E-state index in [0.29, 0.717) is 44.1 Å². The van der Waals surface area contributed by atoms with Gasteiger partial charge in [0.2, 0.25) is 35.4 Å². The van der Waals surface area contributed by atoms with Gasteiger partial charge in [0.05, 0.1) is 80.5 Å². The van der Waals surface area contributed by atoms with Crippen LogP contribution in [0.15, 0.2) is 29.6 Å². The predicted octanol–water partition coefficient (Wildman–Crippen LogP) is -13.2. The molecule has 0 bridgehead atoms. The van der Waals surface area contributed by atoms with E-state index in [4.69, 9.17) is 128 Å². The third kappa shape index (κ3) is 39.9. The first-order valence-electron chi connectivity index (χ1n) is 39.8. The average Bonchev–Trinajstić information content (AvgIpc) is 0.796. The number of amides is 6. The van der Waals surface area contributed by atoms with Crippen LogP contribution < -0.4 is 44.6 Å². The van der Waals surface area contributed by atoms with Gasteiger partial charge in [-0.1, -0.05) is 36.5 Å². The Labute approximate surface area is 767 Å². The van der Waals surface area contributed by atoms with Crippen molar-refractivity contribution < 1.29 is 162 Å². The number of carbonyl (C=O) groups excluding carboxylic acids is 6. The number of rotatable bonds is 38. The van der Waals surface area contributed by atoms with Gasteiger partial charge in [-0.2, -0.15) is 0 Å². The van der Waals surface area contributed by atoms with Crippen molar-refractivity contribution in [3.8, 4) is 0 Å². The smallest absolute Gasteiger partial charge is 2.00 e. The Morgan fingerprint density at radius 2 is 0.810 bits per heavy atom. The zero-order valence-corrected chi connectivity index (χ0v) is 80.2. The van der Waals surface area contributed by atoms with Crippen LogP contribution in [0.3, 0.4) is 0 Å². The van der Waals surface area contributed by atoms with Gasteiger partial charge in [-0.15, -0.1) is 5.34 Å². The van der Waals surface area contributed by atoms with Gasteiger partial charge in [0.1, 0.15) is 135 Å². The quantitative estimate of drug-likeness (QED) is 0.00730. The second kappa shape index (κ2) is 57.5. The summed E-state index contributed by atoms with van der Waals surface area (Å²) in [6, 6.07) is 7.05. The molecule has 0 spiro atoms. The number of nitrogens with two attached hydrogens (primary N) is 5. The van der Waals surface area contributed by atoms with Gasteiger partial charge in [-0.05, 0) is 59.1 Å². The largest absolute Gasteiger partial charge is 2.00 e. The fourth-order valence-electron chi connectivity index (χ4n) is 13.5. The van der Waals surface area contributed by atoms with Crippen LogP contribution in [-0.2, 0) is 103 Å². The molecule has 126 heavy (non-hydrogen) atoms. The number of ether oxygens (including phenoxy) is 13. The summed E-state index contributed by atoms with van der Waals surface area (Å²) in [5, 5.41) is 177. The molecule has 4 radical (unpaired) electrons. The summed E-state index contributed by atoms with van der Waals surface area (Å²) < 4.78 is 78.4. The molecule has 26 N–H and O–H groups in total. The van der Waals surface area contributed by atoms with Gasteiger partial charge in [-0.3, -0.25) is 48.4 Å². The second-order valence-corrected chi connectivity index (χ2v) is 32.2. The van der Waals surface area contributed by atoms with Crippen molar-refractivity contribution in [1.82, 2.24) is 35.6 Å². The summed E-state index contributed by atoms with van der Waals surface area (Å²) in [6.45, 7) is 7.10. The molecule has 1 aromatic carbocycles. The third-order valence-electron chi connectivity index (χ3n) is 19.7. The average molecular weight is 2230 g/mol. The van der Waals surface area contributed by atoms with Gasteiger partial charge in [0.15, 0.2) is 31.5 Å². The first-order valence-corrected chi connectivity index (χ1v) is 44.7. The molecule has 720 valence electrons. The normalized spacial score (nSPS) is 32.1. The number of nitrogens with zero attached hydrogens (tertiary/aromatic N) is 6. The fraction of sp³-hybridized carbons (Fsp3) is 0.819. The van der Waals surface area contributed by atoms with E-state index in [2.05, 4.69) is 20.4 Å². The molecule has 26 atom stereocenters. The van der Waals surface area contributed by atoms with Crippen molar-refractivity contribution >= 4 is 106 Å². The third-order valence-corrected chi connectivity index (χ3v) is 20.0. The monoisotopic (exact) mass is 2230 g/mol. The fourth-order valence-corrected chi connectivity index (χ4v) is 13.8. The SMILES string of the molecule is CC(C)(C)OCC1OC(OCC2OC(OCC3OC(OCC4OC(OCC5OC(OC(C)(C)C)C(O)C(O)C5O)C(OCC(=O)NCCN)C(O)C4O)C(O)C(O)C3O)C(OCC(=O)NCCNC(=S)Cc3ccc(CC4CN(CC(N)=O)CCN(CC(N)=O)CCN(CC(N)=O)CCN4CC(N)=O)cc3)C(O)C2O)C(O)C(O)C1O.O=N[O-].O=[N+]([O-])[O-].[CH3][PbH].[Pb+2]. The number of aliphatic hydroxyl groups is 13. The van der Waals surface area contributed by atoms with Gasteiger partial charge in [0, 0.05) is 84.5 Å². The number of hydrogen-bond acceptors (Lipinski definition) is 44. The first kappa shape index (κ1) is 115. The van der Waals surface area contributed by atoms with Crippen LogP contribution in [0, 0.1) is 25.4 Å². The molecule has 6 saturated heterocycles. The molecular weight excluding hydrogens is 2100 g/mol. The summed E-state index contributed by atoms with van der Waals surface area (Å²) in [5.41, 5.74) is 28.1. The molecule has 6 aliphatic heterocycles. The molecule has 6 fully saturated rings. The van der Waals surface area contributed by atoms with E-state index in [-0.39, 0.29) is 106 Å². The van der Waals surface area contributed by atoms with E-state index in [9.17, 15) is 95.2 Å². The maximum Gasteiger partial charge on any atom is 2.00 e. The Hall–Kier alpha value is -4.87. The Morgan fingerprint density at radius 1 is 0.484 bits per heavy atom. The van der Waals surface area contributed by atoms with Crippen LogP contribution in [-0.4, -0.2) is 500 Å². The van der Waals surface area contributed by atoms with Crippen molar-refractivity contribution in [2.24, 2.45) is 34.0 Å². The van der Waals surface area contributed by atoms with Crippen molar-refractivity contribution in [1.29, 1.82) is 0 Å². The van der Waals surface area contributed by atoms with Crippen molar-refractivity contribution in [3.05, 3.63) is 60.8 Å². The predicted molar refractivity (Wildman–Crippen MR) is 440 cm³/mol. The summed E-state index contributed by atoms with van der Waals surface area (Å²) in [4.78, 5) is 99.2. The van der Waals surface area contributed by atoms with E-state index < -0.39 is 251 Å². The number of benzene rings is 1. The Bertz CT molecular complexity index is 3420. The van der Waals surface area contributed by atoms with Gasteiger partial charge in [-0.25, -0.2) is 0 Å². The minimum Gasteiger partial charge on any atom is 2.00 e. The first-order chi connectivity index (χ1) is 58.7. The summed E-state index contributed by atoms with van der Waals surface area (Å²) >= 11 is 6.83. The van der Waals surface area contributed by atoms with E-state index in [0.717, 1.165) is 16.5 Å². The number of hydrogen-bond donors (Lipinski definition) is 21. The number of primary amides is 4. The van der Waals surface area contributed by atoms with Crippen molar-refractivity contribution in [2.75, 3.05) is 144 Å². The van der Waals surface area contributed by atoms with Gasteiger partial charge >= 0.3 is 57.5 Å². The molecule has 54 heteroatoms. The molecule has 7 rings (SSSR count). The van der Waals surface area contributed by atoms with Crippen LogP contribution in [0.25, 0.3) is 0 Å². The van der Waals surface area contributed by atoms with E-state index in [1.54, 1.807) is 41.5 Å². The topological polar surface area (TPSA) is 783 Å². The second-order valence-electron chi connectivity index (χ2n) is 31.7. The molecule has 6 heterocycles. The van der Waals surface area contributed by atoms with E-state index >= 15 is 0 Å². The molecule has 0 aliphatic carbocycles. The Morgan fingerprint density at radius 3 is 1.20 bits per heavy atom. The minimum atomic E-state index is -2.09. The number of aliphatic hydroxyl groups excluding tert-OH is 13. The van der Waals surface area contributed by atoms with Crippen LogP contribution in [0.2, 0.25) is 4.48 Å². The number of nitrogens with one attached hydrogen (secondary N) is 3. The summed E-state index contributed by atoms with van der Waals surface area (Å²) in [7, 11) is 0. The molecule has 6 amide bonds. The summed E-state index contributed by atoms with van der Waals surface area (Å²) in [5.74, 6) is -3.79. The van der Waals surface area contributed by atoms with Crippen LogP contribution in [0.4, 0.5) is 0 Å². The number of carbonyl (C=O) groups is 6. The minimum absolute atomic E-state index is 0. The molecular formula is C72H126N14O37Pb2S. The van der Waals surface area contributed by atoms with Crippen molar-refractivity contribution in [2.45, 2.75) is 230 Å². The molecule has 26 unspecified atom stereocenters. The maximum absolute atomic E-state index is 13.5. The number of thiocarbonyl (C=S) groups is 1. The van der Waals surface area contributed by atoms with E-state index in [1.807, 2.05) is 43.9 Å². The Kier molecular flexibility index (Phi) is 52.7. The van der Waals surface area contributed by atoms with Crippen LogP contribution in [0.5, 0.6) is 0 Å². The van der Waals surface area contributed by atoms with Crippen LogP contribution >= 0.6 is 12.2 Å². The molecule has 0 saturated carbocycles. The van der Waals surface area contributed by atoms with Gasteiger partial charge in [0.25, 0.3) is 0 Å².